The summed E-state index contributed by atoms with van der Waals surface area (Å²) in [6, 6.07) is 3.82. The fraction of sp³-hybridized carbons (Fsp3) is 0.725. The van der Waals surface area contributed by atoms with Crippen molar-refractivity contribution in [2.24, 2.45) is 28.6 Å². The minimum atomic E-state index is -4.14. The van der Waals surface area contributed by atoms with Gasteiger partial charge < -0.3 is 20.0 Å². The number of anilines is 2. The average molecular weight is 975 g/mol. The lowest BCUT2D eigenvalue weighted by Gasteiger charge is -2.44. The van der Waals surface area contributed by atoms with Gasteiger partial charge >= 0.3 is 24.3 Å². The van der Waals surface area contributed by atoms with E-state index in [-0.39, 0.29) is 55.3 Å². The maximum Gasteiger partial charge on any atom is 0.391 e. The molecule has 2 aliphatic carbocycles. The first kappa shape index (κ1) is 52.2. The van der Waals surface area contributed by atoms with E-state index in [0.717, 1.165) is 71.5 Å². The van der Waals surface area contributed by atoms with Gasteiger partial charge in [-0.1, -0.05) is 48.5 Å². The minimum Gasteiger partial charge on any atom is -0.481 e. The molecule has 12 nitrogen and oxygen atoms in total. The van der Waals surface area contributed by atoms with Crippen LogP contribution in [-0.4, -0.2) is 89.9 Å². The summed E-state index contributed by atoms with van der Waals surface area (Å²) in [4.78, 5) is 38.5. The Morgan fingerprint density at radius 1 is 0.652 bits per heavy atom. The van der Waals surface area contributed by atoms with Gasteiger partial charge in [-0.25, -0.2) is 9.97 Å². The second-order valence-corrected chi connectivity index (χ2v) is 21.6. The molecule has 2 saturated heterocycles. The van der Waals surface area contributed by atoms with Crippen LogP contribution in [0.15, 0.2) is 12.1 Å². The maximum atomic E-state index is 13.2. The summed E-state index contributed by atoms with van der Waals surface area (Å²) >= 11 is 0. The molecule has 2 saturated carbocycles. The number of hydrogen-bond donors (Lipinski definition) is 2. The predicted octanol–water partition coefficient (Wildman–Crippen LogP) is 12.4. The highest BCUT2D eigenvalue weighted by Crippen LogP contribution is 2.47. The van der Waals surface area contributed by atoms with E-state index in [1.165, 1.54) is 0 Å². The lowest BCUT2D eigenvalue weighted by Crippen LogP contribution is -2.51. The molecule has 8 rings (SSSR count). The van der Waals surface area contributed by atoms with Crippen molar-refractivity contribution in [1.29, 1.82) is 0 Å². The van der Waals surface area contributed by atoms with Crippen molar-refractivity contribution in [3.8, 4) is 0 Å². The van der Waals surface area contributed by atoms with E-state index >= 15 is 0 Å². The topological polar surface area (TPSA) is 141 Å². The van der Waals surface area contributed by atoms with Gasteiger partial charge in [-0.3, -0.25) is 9.59 Å². The smallest absolute Gasteiger partial charge is 0.391 e. The van der Waals surface area contributed by atoms with E-state index < -0.39 is 47.0 Å². The van der Waals surface area contributed by atoms with Gasteiger partial charge in [0.25, 0.3) is 0 Å². The van der Waals surface area contributed by atoms with Crippen LogP contribution in [0.3, 0.4) is 0 Å². The quantitative estimate of drug-likeness (QED) is 0.148. The van der Waals surface area contributed by atoms with Gasteiger partial charge in [-0.2, -0.15) is 45.6 Å². The van der Waals surface area contributed by atoms with Gasteiger partial charge in [0.2, 0.25) is 0 Å². The number of carbonyl (C=O) groups is 2. The van der Waals surface area contributed by atoms with E-state index in [4.69, 9.17) is 20.2 Å². The van der Waals surface area contributed by atoms with E-state index in [0.29, 0.717) is 69.3 Å². The van der Waals surface area contributed by atoms with Crippen molar-refractivity contribution in [1.82, 2.24) is 29.2 Å². The summed E-state index contributed by atoms with van der Waals surface area (Å²) in [5, 5.41) is 30.0. The molecule has 0 unspecified atom stereocenters. The van der Waals surface area contributed by atoms with Gasteiger partial charge in [-0.05, 0) is 115 Å². The molecular formula is C51H72F6N8O4. The number of hydrogen-bond acceptors (Lipinski definition) is 8. The monoisotopic (exact) mass is 975 g/mol. The van der Waals surface area contributed by atoms with Crippen LogP contribution in [0, 0.1) is 42.4 Å². The largest absolute Gasteiger partial charge is 0.481 e. The zero-order chi connectivity index (χ0) is 50.5. The van der Waals surface area contributed by atoms with Gasteiger partial charge in [0.1, 0.15) is 11.6 Å². The molecule has 0 spiro atoms. The fourth-order valence-corrected chi connectivity index (χ4v) is 12.1. The Labute approximate surface area is 401 Å². The van der Waals surface area contributed by atoms with Crippen LogP contribution in [0.25, 0.3) is 11.3 Å². The number of aryl methyl sites for hydroxylation is 2. The van der Waals surface area contributed by atoms with Crippen molar-refractivity contribution >= 4 is 34.9 Å². The molecular weight excluding hydrogens is 903 g/mol. The van der Waals surface area contributed by atoms with Gasteiger partial charge in [0, 0.05) is 72.7 Å². The van der Waals surface area contributed by atoms with Crippen molar-refractivity contribution in [2.75, 3.05) is 36.0 Å². The van der Waals surface area contributed by atoms with Crippen LogP contribution in [0.5, 0.6) is 0 Å². The number of fused-ring (bicyclic) bond motifs is 2. The number of alkyl halides is 6. The number of carboxylic acid groups (broad SMARTS) is 2. The Bertz CT molecular complexity index is 2480. The highest BCUT2D eigenvalue weighted by molar-refractivity contribution is 5.77. The van der Waals surface area contributed by atoms with E-state index in [2.05, 4.69) is 37.5 Å². The molecule has 2 atom stereocenters. The van der Waals surface area contributed by atoms with E-state index in [1.807, 2.05) is 55.8 Å². The summed E-state index contributed by atoms with van der Waals surface area (Å²) in [5.41, 5.74) is 5.11. The number of carboxylic acids is 2. The first-order valence-electron chi connectivity index (χ1n) is 25.2. The second-order valence-electron chi connectivity index (χ2n) is 21.6. The zero-order valence-electron chi connectivity index (χ0n) is 41.8. The van der Waals surface area contributed by atoms with Gasteiger partial charge in [0.05, 0.1) is 34.1 Å². The highest BCUT2D eigenvalue weighted by atomic mass is 19.4. The third-order valence-corrected chi connectivity index (χ3v) is 16.4. The molecule has 0 radical (unpaired) electrons. The first-order valence-corrected chi connectivity index (χ1v) is 25.2. The summed E-state index contributed by atoms with van der Waals surface area (Å²) in [6.45, 7) is 20.4. The lowest BCUT2D eigenvalue weighted by molar-refractivity contribution is -0.183. The third kappa shape index (κ3) is 10.3. The molecule has 2 aliphatic heterocycles. The molecule has 18 heteroatoms. The number of rotatable bonds is 10. The Morgan fingerprint density at radius 2 is 1.06 bits per heavy atom. The molecule has 2 N–H and O–H groups in total. The molecule has 0 aromatic carbocycles. The SMILES string of the molecule is CC[C@@]1(C(=O)O)CCCN(c2c(C(C)C)c(C)nc3cc(C4CCC(C(F)(F)F)CC4)nn23)C1.Cc1nc2cc(C3CCC(C(F)(F)F)CC3)nn2c(N2CCC[C@@](C(=O)O)(C(C)C)C2)c1C(C)C. The number of aromatic nitrogens is 6. The van der Waals surface area contributed by atoms with Crippen molar-refractivity contribution in [3.63, 3.8) is 0 Å². The molecule has 382 valence electrons. The highest BCUT2D eigenvalue weighted by Gasteiger charge is 2.47. The van der Waals surface area contributed by atoms with Gasteiger partial charge in [-0.15, -0.1) is 0 Å². The predicted molar refractivity (Wildman–Crippen MR) is 253 cm³/mol. The lowest BCUT2D eigenvalue weighted by atomic mass is 9.71. The number of piperidine rings is 2. The van der Waals surface area contributed by atoms with Crippen LogP contribution in [0.2, 0.25) is 0 Å². The maximum absolute atomic E-state index is 13.2. The molecule has 4 aromatic heterocycles. The zero-order valence-corrected chi connectivity index (χ0v) is 41.8. The summed E-state index contributed by atoms with van der Waals surface area (Å²) in [7, 11) is 0. The average Bonchev–Trinajstić information content (AvgIpc) is 3.92. The molecule has 6 heterocycles. The normalized spacial score (nSPS) is 26.3. The first-order chi connectivity index (χ1) is 32.3. The minimum absolute atomic E-state index is 0.0222. The Morgan fingerprint density at radius 3 is 1.41 bits per heavy atom. The van der Waals surface area contributed by atoms with Crippen molar-refractivity contribution in [3.05, 3.63) is 46.0 Å². The molecule has 4 aliphatic rings. The van der Waals surface area contributed by atoms with Crippen LogP contribution < -0.4 is 9.80 Å². The van der Waals surface area contributed by atoms with Crippen LogP contribution in [-0.2, 0) is 9.59 Å². The Hall–Kier alpha value is -4.64. The van der Waals surface area contributed by atoms with Crippen molar-refractivity contribution < 1.29 is 46.1 Å². The molecule has 4 fully saturated rings. The van der Waals surface area contributed by atoms with Crippen LogP contribution in [0.1, 0.15) is 190 Å². The number of aliphatic carboxylic acids is 2. The summed E-state index contributed by atoms with van der Waals surface area (Å²) in [5.74, 6) is -2.00. The van der Waals surface area contributed by atoms with Crippen LogP contribution >= 0.6 is 0 Å². The standard InChI is InChI=1S/C26H37F3N4O2.C25H35F3N4O2/c1-15(2)22-17(5)30-21-13-20(18-7-9-19(10-8-18)26(27,28)29)31-33(21)23(22)32-12-6-11-25(14-32,16(3)4)24(34)35;1-5-24(23(33)34)11-6-12-31(14-24)22-21(15(2)3)16(4)29-20-13-19(30-32(20)22)17-7-9-18(10-8-17)25(26,27)28/h13,15-16,18-19H,6-12,14H2,1-5H3,(H,34,35);13,15,17-18H,5-12,14H2,1-4H3,(H,33,34)/t18?,19?,25-;17?,18?,24-/m01/s1. The van der Waals surface area contributed by atoms with E-state index in [9.17, 15) is 46.1 Å². The third-order valence-electron chi connectivity index (χ3n) is 16.4. The molecule has 0 amide bonds. The molecule has 0 bridgehead atoms. The van der Waals surface area contributed by atoms with Crippen molar-refractivity contribution in [2.45, 2.75) is 182 Å². The Kier molecular flexibility index (Phi) is 15.0. The summed E-state index contributed by atoms with van der Waals surface area (Å²) in [6.07, 6.45) is -2.56. The molecule has 4 aromatic rings. The van der Waals surface area contributed by atoms with Gasteiger partial charge in [0.15, 0.2) is 11.3 Å². The number of nitrogens with zero attached hydrogens (tertiary/aromatic N) is 8. The number of halogens is 6. The summed E-state index contributed by atoms with van der Waals surface area (Å²) < 4.78 is 82.5. The fourth-order valence-electron chi connectivity index (χ4n) is 12.1. The van der Waals surface area contributed by atoms with Crippen LogP contribution in [0.4, 0.5) is 38.0 Å². The Balaban J connectivity index is 0.000000204. The van der Waals surface area contributed by atoms with E-state index in [1.54, 1.807) is 0 Å². The second kappa shape index (κ2) is 19.9. The molecule has 69 heavy (non-hydrogen) atoms.